The van der Waals surface area contributed by atoms with Crippen LogP contribution in [-0.2, 0) is 11.0 Å². The second-order valence-electron chi connectivity index (χ2n) is 5.94. The predicted octanol–water partition coefficient (Wildman–Crippen LogP) is 5.18. The molecule has 5 nitrogen and oxygen atoms in total. The van der Waals surface area contributed by atoms with Crippen molar-refractivity contribution in [2.24, 2.45) is 0 Å². The van der Waals surface area contributed by atoms with Gasteiger partial charge in [0.2, 0.25) is 5.91 Å². The number of nitrogens with one attached hydrogen (secondary N) is 2. The van der Waals surface area contributed by atoms with Crippen molar-refractivity contribution in [3.8, 4) is 10.6 Å². The maximum Gasteiger partial charge on any atom is 0.418 e. The molecule has 0 aliphatic heterocycles. The maximum atomic E-state index is 13.4. The zero-order valence-corrected chi connectivity index (χ0v) is 15.6. The quantitative estimate of drug-likeness (QED) is 0.568. The number of benzene rings is 2. The molecule has 1 heterocycles. The summed E-state index contributed by atoms with van der Waals surface area (Å²) in [5.41, 5.74) is -1.12. The molecule has 150 valence electrons. The highest BCUT2D eigenvalue weighted by molar-refractivity contribution is 7.13. The van der Waals surface area contributed by atoms with Crippen molar-refractivity contribution in [3.05, 3.63) is 64.9 Å². The van der Waals surface area contributed by atoms with Gasteiger partial charge in [0.05, 0.1) is 11.3 Å². The molecule has 0 saturated carbocycles. The Morgan fingerprint density at radius 2 is 1.72 bits per heavy atom. The van der Waals surface area contributed by atoms with E-state index in [1.165, 1.54) is 42.6 Å². The van der Waals surface area contributed by atoms with E-state index in [1.807, 2.05) is 0 Å². The van der Waals surface area contributed by atoms with Gasteiger partial charge in [0.25, 0.3) is 5.91 Å². The van der Waals surface area contributed by atoms with Crippen LogP contribution in [0.5, 0.6) is 0 Å². The zero-order valence-electron chi connectivity index (χ0n) is 14.8. The summed E-state index contributed by atoms with van der Waals surface area (Å²) in [6.07, 6.45) is -4.75. The molecule has 0 radical (unpaired) electrons. The van der Waals surface area contributed by atoms with Crippen LogP contribution < -0.4 is 10.6 Å². The first kappa shape index (κ1) is 20.5. The van der Waals surface area contributed by atoms with Gasteiger partial charge in [0, 0.05) is 23.6 Å². The molecule has 0 unspecified atom stereocenters. The number of alkyl halides is 3. The van der Waals surface area contributed by atoms with Crippen molar-refractivity contribution < 1.29 is 27.2 Å². The lowest BCUT2D eigenvalue weighted by molar-refractivity contribution is -0.137. The standard InChI is InChI=1S/C19H13F4N3O2S/c1-10(27)24-13-6-7-15(14(8-13)19(21,22)23)25-17(28)16-9-29-18(26-16)11-2-4-12(20)5-3-11/h2-9H,1H3,(H,24,27)(H,25,28). The molecular weight excluding hydrogens is 410 g/mol. The number of nitrogens with zero attached hydrogens (tertiary/aromatic N) is 1. The van der Waals surface area contributed by atoms with E-state index in [0.29, 0.717) is 10.6 Å². The Morgan fingerprint density at radius 1 is 1.03 bits per heavy atom. The van der Waals surface area contributed by atoms with Crippen LogP contribution in [0.2, 0.25) is 0 Å². The van der Waals surface area contributed by atoms with E-state index in [4.69, 9.17) is 0 Å². The molecule has 29 heavy (non-hydrogen) atoms. The highest BCUT2D eigenvalue weighted by Gasteiger charge is 2.34. The Kier molecular flexibility index (Phi) is 5.64. The monoisotopic (exact) mass is 423 g/mol. The van der Waals surface area contributed by atoms with Crippen molar-refractivity contribution >= 4 is 34.5 Å². The number of hydrogen-bond donors (Lipinski definition) is 2. The smallest absolute Gasteiger partial charge is 0.326 e. The third-order valence-electron chi connectivity index (χ3n) is 3.72. The van der Waals surface area contributed by atoms with Gasteiger partial charge in [-0.05, 0) is 42.5 Å². The van der Waals surface area contributed by atoms with E-state index in [2.05, 4.69) is 15.6 Å². The summed E-state index contributed by atoms with van der Waals surface area (Å²) in [6, 6.07) is 8.49. The number of carbonyl (C=O) groups is 2. The van der Waals surface area contributed by atoms with Gasteiger partial charge in [-0.3, -0.25) is 9.59 Å². The molecule has 0 saturated heterocycles. The molecule has 2 aromatic carbocycles. The van der Waals surface area contributed by atoms with Gasteiger partial charge < -0.3 is 10.6 Å². The van der Waals surface area contributed by atoms with Crippen LogP contribution in [0.3, 0.4) is 0 Å². The van der Waals surface area contributed by atoms with E-state index >= 15 is 0 Å². The third-order valence-corrected chi connectivity index (χ3v) is 4.61. The summed E-state index contributed by atoms with van der Waals surface area (Å²) in [5, 5.41) is 6.29. The molecule has 0 spiro atoms. The topological polar surface area (TPSA) is 71.1 Å². The van der Waals surface area contributed by atoms with Gasteiger partial charge in [0.15, 0.2) is 0 Å². The second kappa shape index (κ2) is 8.00. The van der Waals surface area contributed by atoms with Crippen LogP contribution in [0.4, 0.5) is 28.9 Å². The summed E-state index contributed by atoms with van der Waals surface area (Å²) < 4.78 is 53.1. The third kappa shape index (κ3) is 4.96. The lowest BCUT2D eigenvalue weighted by atomic mass is 10.1. The Hall–Kier alpha value is -3.27. The largest absolute Gasteiger partial charge is 0.418 e. The van der Waals surface area contributed by atoms with Crippen LogP contribution in [-0.4, -0.2) is 16.8 Å². The first-order valence-electron chi connectivity index (χ1n) is 8.15. The van der Waals surface area contributed by atoms with Crippen LogP contribution in [0, 0.1) is 5.82 Å². The summed E-state index contributed by atoms with van der Waals surface area (Å²) in [4.78, 5) is 27.6. The van der Waals surface area contributed by atoms with Gasteiger partial charge in [-0.1, -0.05) is 0 Å². The average Bonchev–Trinajstić information content (AvgIpc) is 3.12. The molecule has 2 N–H and O–H groups in total. The number of rotatable bonds is 4. The molecule has 10 heteroatoms. The fraction of sp³-hybridized carbons (Fsp3) is 0.105. The minimum absolute atomic E-state index is 0.0462. The fourth-order valence-corrected chi connectivity index (χ4v) is 3.26. The fourth-order valence-electron chi connectivity index (χ4n) is 2.46. The highest BCUT2D eigenvalue weighted by Crippen LogP contribution is 2.37. The van der Waals surface area contributed by atoms with Gasteiger partial charge in [-0.25, -0.2) is 9.37 Å². The first-order chi connectivity index (χ1) is 13.6. The van der Waals surface area contributed by atoms with Crippen LogP contribution >= 0.6 is 11.3 Å². The van der Waals surface area contributed by atoms with E-state index in [9.17, 15) is 27.2 Å². The van der Waals surface area contributed by atoms with Crippen LogP contribution in [0.25, 0.3) is 10.6 Å². The van der Waals surface area contributed by atoms with Crippen LogP contribution in [0.15, 0.2) is 47.8 Å². The number of amides is 2. The number of aromatic nitrogens is 1. The normalized spacial score (nSPS) is 11.2. The summed E-state index contributed by atoms with van der Waals surface area (Å²) in [5.74, 6) is -1.77. The molecule has 0 fully saturated rings. The molecule has 0 atom stereocenters. The van der Waals surface area contributed by atoms with Crippen molar-refractivity contribution in [2.45, 2.75) is 13.1 Å². The highest BCUT2D eigenvalue weighted by atomic mass is 32.1. The van der Waals surface area contributed by atoms with Gasteiger partial charge >= 0.3 is 6.18 Å². The molecular formula is C19H13F4N3O2S. The Morgan fingerprint density at radius 3 is 2.34 bits per heavy atom. The van der Waals surface area contributed by atoms with Gasteiger partial charge in [-0.15, -0.1) is 11.3 Å². The van der Waals surface area contributed by atoms with Crippen molar-refractivity contribution in [1.82, 2.24) is 4.98 Å². The number of anilines is 2. The SMILES string of the molecule is CC(=O)Nc1ccc(NC(=O)c2csc(-c3ccc(F)cc3)n2)c(C(F)(F)F)c1. The molecule has 0 aliphatic carbocycles. The minimum atomic E-state index is -4.75. The van der Waals surface area contributed by atoms with Gasteiger partial charge in [-0.2, -0.15) is 13.2 Å². The number of hydrogen-bond acceptors (Lipinski definition) is 4. The number of halogens is 4. The molecule has 3 rings (SSSR count). The Balaban J connectivity index is 1.85. The van der Waals surface area contributed by atoms with Gasteiger partial charge in [0.1, 0.15) is 16.5 Å². The summed E-state index contributed by atoms with van der Waals surface area (Å²) >= 11 is 1.10. The van der Waals surface area contributed by atoms with E-state index in [0.717, 1.165) is 23.5 Å². The lowest BCUT2D eigenvalue weighted by Crippen LogP contribution is -2.17. The molecule has 0 bridgehead atoms. The van der Waals surface area contributed by atoms with E-state index in [-0.39, 0.29) is 11.4 Å². The second-order valence-corrected chi connectivity index (χ2v) is 6.80. The Labute approximate surface area is 166 Å². The molecule has 3 aromatic rings. The minimum Gasteiger partial charge on any atom is -0.326 e. The van der Waals surface area contributed by atoms with E-state index in [1.54, 1.807) is 0 Å². The van der Waals surface area contributed by atoms with Crippen molar-refractivity contribution in [3.63, 3.8) is 0 Å². The molecule has 2 amide bonds. The zero-order chi connectivity index (χ0) is 21.2. The summed E-state index contributed by atoms with van der Waals surface area (Å²) in [6.45, 7) is 1.17. The van der Waals surface area contributed by atoms with Crippen molar-refractivity contribution in [2.75, 3.05) is 10.6 Å². The number of carbonyl (C=O) groups excluding carboxylic acids is 2. The molecule has 1 aromatic heterocycles. The number of thiazole rings is 1. The maximum absolute atomic E-state index is 13.4. The lowest BCUT2D eigenvalue weighted by Gasteiger charge is -2.15. The predicted molar refractivity (Wildman–Crippen MR) is 101 cm³/mol. The average molecular weight is 423 g/mol. The van der Waals surface area contributed by atoms with E-state index < -0.39 is 35.1 Å². The van der Waals surface area contributed by atoms with Crippen LogP contribution in [0.1, 0.15) is 23.0 Å². The Bertz CT molecular complexity index is 1060. The first-order valence-corrected chi connectivity index (χ1v) is 9.03. The summed E-state index contributed by atoms with van der Waals surface area (Å²) in [7, 11) is 0. The molecule has 0 aliphatic rings. The van der Waals surface area contributed by atoms with Crippen molar-refractivity contribution in [1.29, 1.82) is 0 Å².